The SMILES string of the molecule is NNc1ccc([N+](=O)[O-])cc1CN1CCc2ccccc21. The topological polar surface area (TPSA) is 84.4 Å². The van der Waals surface area contributed by atoms with Crippen molar-refractivity contribution in [1.29, 1.82) is 0 Å². The van der Waals surface area contributed by atoms with Gasteiger partial charge in [-0.05, 0) is 24.1 Å². The molecule has 1 aliphatic heterocycles. The van der Waals surface area contributed by atoms with Gasteiger partial charge in [0.25, 0.3) is 5.69 Å². The van der Waals surface area contributed by atoms with Gasteiger partial charge < -0.3 is 10.3 Å². The number of hydrazine groups is 1. The molecule has 0 aliphatic carbocycles. The Morgan fingerprint density at radius 2 is 2.10 bits per heavy atom. The molecule has 3 rings (SSSR count). The average Bonchev–Trinajstić information content (AvgIpc) is 2.90. The Bertz CT molecular complexity index is 687. The molecule has 0 fully saturated rings. The van der Waals surface area contributed by atoms with Crippen LogP contribution in [0.15, 0.2) is 42.5 Å². The molecule has 2 aromatic carbocycles. The van der Waals surface area contributed by atoms with Crippen LogP contribution in [0.4, 0.5) is 17.1 Å². The van der Waals surface area contributed by atoms with Crippen LogP contribution in [0.25, 0.3) is 0 Å². The summed E-state index contributed by atoms with van der Waals surface area (Å²) in [6.45, 7) is 1.50. The second kappa shape index (κ2) is 5.41. The van der Waals surface area contributed by atoms with Gasteiger partial charge in [0.05, 0.1) is 10.6 Å². The van der Waals surface area contributed by atoms with E-state index in [9.17, 15) is 10.1 Å². The van der Waals surface area contributed by atoms with E-state index in [2.05, 4.69) is 22.5 Å². The van der Waals surface area contributed by atoms with Gasteiger partial charge in [0.1, 0.15) is 0 Å². The van der Waals surface area contributed by atoms with Crippen LogP contribution < -0.4 is 16.2 Å². The number of benzene rings is 2. The summed E-state index contributed by atoms with van der Waals surface area (Å²) in [4.78, 5) is 12.8. The summed E-state index contributed by atoms with van der Waals surface area (Å²) in [6, 6.07) is 12.9. The molecule has 0 amide bonds. The first-order valence-corrected chi connectivity index (χ1v) is 6.76. The Morgan fingerprint density at radius 3 is 2.86 bits per heavy atom. The number of hydrogen-bond acceptors (Lipinski definition) is 5. The smallest absolute Gasteiger partial charge is 0.269 e. The number of nitrogen functional groups attached to an aromatic ring is 1. The second-order valence-electron chi connectivity index (χ2n) is 5.04. The molecule has 0 spiro atoms. The Kier molecular flexibility index (Phi) is 3.45. The zero-order valence-electron chi connectivity index (χ0n) is 11.5. The highest BCUT2D eigenvalue weighted by molar-refractivity contribution is 5.61. The van der Waals surface area contributed by atoms with E-state index in [0.29, 0.717) is 12.2 Å². The number of nitro benzene ring substituents is 1. The molecule has 1 aliphatic rings. The fourth-order valence-electron chi connectivity index (χ4n) is 2.74. The van der Waals surface area contributed by atoms with E-state index in [1.54, 1.807) is 12.1 Å². The first kappa shape index (κ1) is 13.4. The standard InChI is InChI=1S/C15H16N4O2/c16-17-14-6-5-13(19(20)21)9-12(14)10-18-8-7-11-3-1-2-4-15(11)18/h1-6,9,17H,7-8,10,16H2. The molecule has 0 atom stereocenters. The minimum absolute atomic E-state index is 0.0801. The van der Waals surface area contributed by atoms with E-state index in [4.69, 9.17) is 5.84 Å². The van der Waals surface area contributed by atoms with Gasteiger partial charge in [-0.15, -0.1) is 0 Å². The molecule has 0 aromatic heterocycles. The van der Waals surface area contributed by atoms with Crippen molar-refractivity contribution in [2.75, 3.05) is 16.9 Å². The first-order valence-electron chi connectivity index (χ1n) is 6.76. The highest BCUT2D eigenvalue weighted by atomic mass is 16.6. The number of nitrogens with zero attached hydrogens (tertiary/aromatic N) is 2. The van der Waals surface area contributed by atoms with Gasteiger partial charge in [-0.25, -0.2) is 0 Å². The molecular formula is C15H16N4O2. The van der Waals surface area contributed by atoms with Crippen molar-refractivity contribution >= 4 is 17.1 Å². The van der Waals surface area contributed by atoms with Crippen molar-refractivity contribution < 1.29 is 4.92 Å². The summed E-state index contributed by atoms with van der Waals surface area (Å²) in [5.41, 5.74) is 6.72. The summed E-state index contributed by atoms with van der Waals surface area (Å²) in [7, 11) is 0. The number of non-ortho nitro benzene ring substituents is 1. The third kappa shape index (κ3) is 2.53. The van der Waals surface area contributed by atoms with E-state index in [0.717, 1.165) is 18.5 Å². The van der Waals surface area contributed by atoms with Gasteiger partial charge >= 0.3 is 0 Å². The van der Waals surface area contributed by atoms with Crippen LogP contribution in [0.1, 0.15) is 11.1 Å². The maximum absolute atomic E-state index is 10.9. The number of nitro groups is 1. The van der Waals surface area contributed by atoms with Crippen molar-refractivity contribution in [3.8, 4) is 0 Å². The highest BCUT2D eigenvalue weighted by Crippen LogP contribution is 2.31. The summed E-state index contributed by atoms with van der Waals surface area (Å²) in [6.07, 6.45) is 0.997. The maximum Gasteiger partial charge on any atom is 0.269 e. The Balaban J connectivity index is 1.91. The van der Waals surface area contributed by atoms with Crippen LogP contribution in [0.5, 0.6) is 0 Å². The zero-order chi connectivity index (χ0) is 14.8. The fourth-order valence-corrected chi connectivity index (χ4v) is 2.74. The largest absolute Gasteiger partial charge is 0.367 e. The Morgan fingerprint density at radius 1 is 1.29 bits per heavy atom. The highest BCUT2D eigenvalue weighted by Gasteiger charge is 2.20. The lowest BCUT2D eigenvalue weighted by molar-refractivity contribution is -0.384. The van der Waals surface area contributed by atoms with Gasteiger partial charge in [0.15, 0.2) is 0 Å². The lowest BCUT2D eigenvalue weighted by Gasteiger charge is -2.21. The van der Waals surface area contributed by atoms with Crippen LogP contribution in [0.2, 0.25) is 0 Å². The number of rotatable bonds is 4. The lowest BCUT2D eigenvalue weighted by atomic mass is 10.1. The van der Waals surface area contributed by atoms with Crippen molar-refractivity contribution in [3.05, 3.63) is 63.7 Å². The summed E-state index contributed by atoms with van der Waals surface area (Å²) in [5.74, 6) is 5.51. The van der Waals surface area contributed by atoms with E-state index in [-0.39, 0.29) is 10.6 Å². The van der Waals surface area contributed by atoms with Gasteiger partial charge in [-0.3, -0.25) is 16.0 Å². The quantitative estimate of drug-likeness (QED) is 0.512. The number of nitrogens with one attached hydrogen (secondary N) is 1. The molecule has 0 radical (unpaired) electrons. The van der Waals surface area contributed by atoms with E-state index >= 15 is 0 Å². The lowest BCUT2D eigenvalue weighted by Crippen LogP contribution is -2.21. The molecule has 21 heavy (non-hydrogen) atoms. The van der Waals surface area contributed by atoms with Crippen molar-refractivity contribution in [2.24, 2.45) is 5.84 Å². The van der Waals surface area contributed by atoms with E-state index in [1.807, 2.05) is 12.1 Å². The van der Waals surface area contributed by atoms with Crippen LogP contribution in [0.3, 0.4) is 0 Å². The molecule has 6 heteroatoms. The van der Waals surface area contributed by atoms with Crippen LogP contribution in [-0.2, 0) is 13.0 Å². The number of hydrogen-bond donors (Lipinski definition) is 2. The summed E-state index contributed by atoms with van der Waals surface area (Å²) in [5, 5.41) is 10.9. The second-order valence-corrected chi connectivity index (χ2v) is 5.04. The monoisotopic (exact) mass is 284 g/mol. The molecule has 1 heterocycles. The first-order chi connectivity index (χ1) is 10.2. The van der Waals surface area contributed by atoms with E-state index < -0.39 is 0 Å². The third-order valence-corrected chi connectivity index (χ3v) is 3.80. The van der Waals surface area contributed by atoms with Crippen molar-refractivity contribution in [2.45, 2.75) is 13.0 Å². The molecule has 0 bridgehead atoms. The van der Waals surface area contributed by atoms with Crippen molar-refractivity contribution in [1.82, 2.24) is 0 Å². The summed E-state index contributed by atoms with van der Waals surface area (Å²) >= 11 is 0. The molecule has 2 aromatic rings. The molecular weight excluding hydrogens is 268 g/mol. The number of nitrogens with two attached hydrogens (primary N) is 1. The molecule has 3 N–H and O–H groups in total. The molecule has 0 saturated heterocycles. The molecule has 0 saturated carbocycles. The molecule has 108 valence electrons. The van der Waals surface area contributed by atoms with Crippen LogP contribution in [0, 0.1) is 10.1 Å². The van der Waals surface area contributed by atoms with Crippen LogP contribution in [-0.4, -0.2) is 11.5 Å². The minimum Gasteiger partial charge on any atom is -0.367 e. The van der Waals surface area contributed by atoms with Gasteiger partial charge in [-0.1, -0.05) is 18.2 Å². The molecule has 6 nitrogen and oxygen atoms in total. The van der Waals surface area contributed by atoms with Gasteiger partial charge in [-0.2, -0.15) is 0 Å². The minimum atomic E-state index is -0.387. The normalized spacial score (nSPS) is 13.1. The predicted octanol–water partition coefficient (Wildman–Crippen LogP) is 2.44. The zero-order valence-corrected chi connectivity index (χ0v) is 11.5. The Hall–Kier alpha value is -2.60. The fraction of sp³-hybridized carbons (Fsp3) is 0.200. The van der Waals surface area contributed by atoms with Gasteiger partial charge in [0.2, 0.25) is 0 Å². The third-order valence-electron chi connectivity index (χ3n) is 3.80. The average molecular weight is 284 g/mol. The van der Waals surface area contributed by atoms with Gasteiger partial charge in [0, 0.05) is 36.5 Å². The number of fused-ring (bicyclic) bond motifs is 1. The predicted molar refractivity (Wildman–Crippen MR) is 82.1 cm³/mol. The van der Waals surface area contributed by atoms with E-state index in [1.165, 1.54) is 17.3 Å². The number of para-hydroxylation sites is 1. The Labute approximate surface area is 122 Å². The summed E-state index contributed by atoms with van der Waals surface area (Å²) < 4.78 is 0. The maximum atomic E-state index is 10.9. The van der Waals surface area contributed by atoms with Crippen molar-refractivity contribution in [3.63, 3.8) is 0 Å². The number of anilines is 2. The molecule has 0 unspecified atom stereocenters. The van der Waals surface area contributed by atoms with Crippen LogP contribution >= 0.6 is 0 Å².